The number of amides is 1. The molecule has 1 aliphatic heterocycles. The number of halogens is 1. The molecule has 3 N–H and O–H groups in total. The van der Waals surface area contributed by atoms with Gasteiger partial charge < -0.3 is 31.4 Å². The summed E-state index contributed by atoms with van der Waals surface area (Å²) in [6, 6.07) is 6.17. The zero-order valence-electron chi connectivity index (χ0n) is 22.4. The highest BCUT2D eigenvalue weighted by Crippen LogP contribution is 2.26. The normalized spacial score (nSPS) is 16.8. The minimum Gasteiger partial charge on any atom is -1.00 e. The van der Waals surface area contributed by atoms with Gasteiger partial charge in [0.05, 0.1) is 13.2 Å². The van der Waals surface area contributed by atoms with Crippen molar-refractivity contribution in [3.8, 4) is 5.75 Å². The number of carbonyl (C=O) groups excluding carboxylic acids is 2. The quantitative estimate of drug-likeness (QED) is 0.261. The maximum absolute atomic E-state index is 12.5. The zero-order valence-corrected chi connectivity index (χ0v) is 24.0. The number of nitrogens with zero attached hydrogens (tertiary/aromatic N) is 2. The third-order valence-electron chi connectivity index (χ3n) is 7.21. The molecule has 2 aliphatic rings. The Kier molecular flexibility index (Phi) is 11.1. The van der Waals surface area contributed by atoms with Gasteiger partial charge in [-0.2, -0.15) is 0 Å². The zero-order chi connectivity index (χ0) is 25.6. The fourth-order valence-electron chi connectivity index (χ4n) is 4.39. The van der Waals surface area contributed by atoms with Crippen LogP contribution in [0.15, 0.2) is 18.2 Å². The molecule has 9 heteroatoms. The predicted octanol–water partition coefficient (Wildman–Crippen LogP) is 0.871. The van der Waals surface area contributed by atoms with E-state index in [0.29, 0.717) is 38.0 Å². The summed E-state index contributed by atoms with van der Waals surface area (Å²) in [7, 11) is 1.93. The van der Waals surface area contributed by atoms with Crippen molar-refractivity contribution in [3.63, 3.8) is 0 Å². The van der Waals surface area contributed by atoms with E-state index in [1.54, 1.807) is 4.58 Å². The molecule has 1 unspecified atom stereocenters. The standard InChI is InChI=1S/C27H42N4O4.BrH/c1-19(27(2,3)4)35-25(33)18-31-17-20-16-22(13-14-23(20)29-26(31)28)34-15-9-12-24(32)30(5)21-10-7-6-8-11-21;/h13-14,16,19,21H,6-12,15,17-18H2,1-5H3,(H2,28,29);1H. The Labute approximate surface area is 226 Å². The fourth-order valence-corrected chi connectivity index (χ4v) is 4.39. The number of nitrogens with one attached hydrogen (secondary N) is 1. The van der Waals surface area contributed by atoms with E-state index in [4.69, 9.17) is 15.2 Å². The third kappa shape index (κ3) is 8.39. The van der Waals surface area contributed by atoms with E-state index in [9.17, 15) is 9.59 Å². The molecular formula is C27H43BrN4O4. The Morgan fingerprint density at radius 3 is 2.58 bits per heavy atom. The van der Waals surface area contributed by atoms with Crippen LogP contribution < -0.4 is 32.8 Å². The maximum atomic E-state index is 12.5. The van der Waals surface area contributed by atoms with Gasteiger partial charge in [-0.05, 0) is 49.8 Å². The average Bonchev–Trinajstić information content (AvgIpc) is 2.81. The Bertz CT molecular complexity index is 938. The first kappa shape index (κ1) is 29.9. The van der Waals surface area contributed by atoms with Crippen molar-refractivity contribution >= 4 is 23.5 Å². The lowest BCUT2D eigenvalue weighted by molar-refractivity contribution is -0.537. The monoisotopic (exact) mass is 566 g/mol. The molecule has 1 aromatic rings. The molecule has 1 aliphatic carbocycles. The van der Waals surface area contributed by atoms with Crippen LogP contribution in [-0.4, -0.2) is 59.7 Å². The molecule has 1 aromatic carbocycles. The molecule has 1 heterocycles. The third-order valence-corrected chi connectivity index (χ3v) is 7.21. The number of anilines is 1. The average molecular weight is 568 g/mol. The number of hydrogen-bond donors (Lipinski definition) is 2. The van der Waals surface area contributed by atoms with Crippen molar-refractivity contribution in [1.29, 1.82) is 0 Å². The van der Waals surface area contributed by atoms with Crippen molar-refractivity contribution in [1.82, 2.24) is 4.90 Å². The van der Waals surface area contributed by atoms with Gasteiger partial charge in [0.1, 0.15) is 17.5 Å². The van der Waals surface area contributed by atoms with Crippen LogP contribution in [0, 0.1) is 5.41 Å². The van der Waals surface area contributed by atoms with E-state index >= 15 is 0 Å². The smallest absolute Gasteiger partial charge is 0.349 e. The number of nitrogens with two attached hydrogens (primary N) is 1. The first-order chi connectivity index (χ1) is 16.5. The minimum atomic E-state index is -0.309. The Morgan fingerprint density at radius 2 is 1.92 bits per heavy atom. The van der Waals surface area contributed by atoms with Crippen LogP contribution in [0.2, 0.25) is 0 Å². The summed E-state index contributed by atoms with van der Waals surface area (Å²) < 4.78 is 13.3. The first-order valence-electron chi connectivity index (χ1n) is 12.9. The molecule has 1 amide bonds. The molecule has 0 radical (unpaired) electrons. The van der Waals surface area contributed by atoms with Crippen molar-refractivity contribution in [2.45, 2.75) is 91.3 Å². The molecule has 0 saturated heterocycles. The highest BCUT2D eigenvalue weighted by Gasteiger charge is 2.27. The molecule has 202 valence electrons. The molecule has 0 spiro atoms. The summed E-state index contributed by atoms with van der Waals surface area (Å²) in [6.45, 7) is 9.05. The number of fused-ring (bicyclic) bond motifs is 1. The lowest BCUT2D eigenvalue weighted by Crippen LogP contribution is -3.00. The summed E-state index contributed by atoms with van der Waals surface area (Å²) in [4.78, 5) is 26.9. The van der Waals surface area contributed by atoms with Gasteiger partial charge in [0, 0.05) is 25.1 Å². The lowest BCUT2D eigenvalue weighted by atomic mass is 9.90. The summed E-state index contributed by atoms with van der Waals surface area (Å²) in [5, 5.41) is 3.16. The van der Waals surface area contributed by atoms with Crippen LogP contribution >= 0.6 is 0 Å². The number of carbonyl (C=O) groups is 2. The number of hydrogen-bond acceptors (Lipinski definition) is 6. The molecule has 0 bridgehead atoms. The van der Waals surface area contributed by atoms with Crippen molar-refractivity contribution in [2.75, 3.05) is 25.5 Å². The predicted molar refractivity (Wildman–Crippen MR) is 137 cm³/mol. The summed E-state index contributed by atoms with van der Waals surface area (Å²) in [6.07, 6.45) is 6.93. The van der Waals surface area contributed by atoms with Gasteiger partial charge >= 0.3 is 11.9 Å². The molecule has 3 rings (SSSR count). The van der Waals surface area contributed by atoms with Gasteiger partial charge in [0.15, 0.2) is 6.54 Å². The van der Waals surface area contributed by atoms with E-state index < -0.39 is 0 Å². The molecule has 0 aromatic heterocycles. The summed E-state index contributed by atoms with van der Waals surface area (Å²) >= 11 is 0. The Hall–Kier alpha value is -2.29. The lowest BCUT2D eigenvalue weighted by Gasteiger charge is -2.31. The van der Waals surface area contributed by atoms with Gasteiger partial charge in [0.2, 0.25) is 5.91 Å². The Balaban J connectivity index is 0.00000456. The second-order valence-corrected chi connectivity index (χ2v) is 10.9. The maximum Gasteiger partial charge on any atom is 0.349 e. The topological polar surface area (TPSA) is 96.9 Å². The van der Waals surface area contributed by atoms with Gasteiger partial charge in [0.25, 0.3) is 0 Å². The highest BCUT2D eigenvalue weighted by molar-refractivity contribution is 5.91. The van der Waals surface area contributed by atoms with E-state index in [0.717, 1.165) is 29.8 Å². The SMILES string of the molecule is CC(OC(=O)C[N+]1=C(N)Nc2ccc(OCCCC(=O)N(C)C3CCCCC3)cc2C1)C(C)(C)C.[Br-]. The number of ether oxygens (including phenoxy) is 2. The van der Waals surface area contributed by atoms with Crippen LogP contribution in [0.3, 0.4) is 0 Å². The van der Waals surface area contributed by atoms with Crippen molar-refractivity contribution < 1.29 is 40.6 Å². The van der Waals surface area contributed by atoms with Crippen LogP contribution in [0.25, 0.3) is 0 Å². The molecule has 1 atom stereocenters. The molecule has 36 heavy (non-hydrogen) atoms. The van der Waals surface area contributed by atoms with Crippen molar-refractivity contribution in [3.05, 3.63) is 23.8 Å². The minimum absolute atomic E-state index is 0. The second-order valence-electron chi connectivity index (χ2n) is 10.9. The largest absolute Gasteiger partial charge is 1.00 e. The van der Waals surface area contributed by atoms with Gasteiger partial charge in [-0.15, -0.1) is 0 Å². The molecule has 1 saturated carbocycles. The van der Waals surface area contributed by atoms with Crippen LogP contribution in [0.1, 0.15) is 78.2 Å². The number of benzene rings is 1. The van der Waals surface area contributed by atoms with E-state index in [2.05, 4.69) is 5.32 Å². The van der Waals surface area contributed by atoms with E-state index in [1.165, 1.54) is 19.3 Å². The molecule has 8 nitrogen and oxygen atoms in total. The van der Waals surface area contributed by atoms with E-state index in [-0.39, 0.29) is 46.9 Å². The van der Waals surface area contributed by atoms with Crippen molar-refractivity contribution in [2.24, 2.45) is 11.1 Å². The second kappa shape index (κ2) is 13.3. The molecular weight excluding hydrogens is 524 g/mol. The van der Waals surface area contributed by atoms with E-state index in [1.807, 2.05) is 57.8 Å². The van der Waals surface area contributed by atoms with Gasteiger partial charge in [-0.1, -0.05) is 40.0 Å². The highest BCUT2D eigenvalue weighted by atomic mass is 79.9. The fraction of sp³-hybridized carbons (Fsp3) is 0.667. The van der Waals surface area contributed by atoms with Gasteiger partial charge in [-0.25, -0.2) is 14.7 Å². The first-order valence-corrected chi connectivity index (χ1v) is 12.9. The number of esters is 1. The van der Waals surface area contributed by atoms with Gasteiger partial charge in [-0.3, -0.25) is 10.5 Å². The Morgan fingerprint density at radius 1 is 1.22 bits per heavy atom. The summed E-state index contributed by atoms with van der Waals surface area (Å²) in [5.74, 6) is 1.05. The number of guanidine groups is 1. The van der Waals surface area contributed by atoms with Crippen LogP contribution in [0.5, 0.6) is 5.75 Å². The number of rotatable bonds is 9. The van der Waals surface area contributed by atoms with Crippen LogP contribution in [-0.2, 0) is 20.9 Å². The van der Waals surface area contributed by atoms with Crippen LogP contribution in [0.4, 0.5) is 5.69 Å². The summed E-state index contributed by atoms with van der Waals surface area (Å²) in [5.41, 5.74) is 7.92. The molecule has 1 fully saturated rings.